The summed E-state index contributed by atoms with van der Waals surface area (Å²) in [6.07, 6.45) is 0. The maximum atomic E-state index is 10.7. The van der Waals surface area contributed by atoms with Crippen LogP contribution in [0.5, 0.6) is 0 Å². The summed E-state index contributed by atoms with van der Waals surface area (Å²) in [7, 11) is -1.53. The summed E-state index contributed by atoms with van der Waals surface area (Å²) in [6.45, 7) is 0. The number of hydrogen-bond acceptors (Lipinski definition) is 1. The van der Waals surface area contributed by atoms with Crippen molar-refractivity contribution in [2.75, 3.05) is 0 Å². The summed E-state index contributed by atoms with van der Waals surface area (Å²) < 4.78 is 0. The number of hydrogen-bond donors (Lipinski definition) is 0. The van der Waals surface area contributed by atoms with Gasteiger partial charge in [0.1, 0.15) is 0 Å². The smallest absolute Gasteiger partial charge is 0.276 e. The Morgan fingerprint density at radius 3 is 2.50 bits per heavy atom. The predicted molar refractivity (Wildman–Crippen MR) is 53.7 cm³/mol. The minimum atomic E-state index is -1.53. The zero-order valence-electron chi connectivity index (χ0n) is 5.85. The molecule has 0 bridgehead atoms. The van der Waals surface area contributed by atoms with E-state index >= 15 is 0 Å². The molecule has 63 valence electrons. The third-order valence-corrected chi connectivity index (χ3v) is 3.58. The first-order chi connectivity index (χ1) is 5.61. The number of carbonyl (C=O) groups is 1. The summed E-state index contributed by atoms with van der Waals surface area (Å²) in [5, 5.41) is 0.281. The molecule has 1 rings (SSSR count). The Kier molecular flexibility index (Phi) is 3.59. The molecule has 1 radical (unpaired) electrons. The average molecular weight is 239 g/mol. The lowest BCUT2D eigenvalue weighted by molar-refractivity contribution is 0.108. The third kappa shape index (κ3) is 2.49. The van der Waals surface area contributed by atoms with E-state index in [0.717, 1.165) is 5.19 Å². The molecule has 0 heterocycles. The Morgan fingerprint density at radius 1 is 1.33 bits per heavy atom. The highest BCUT2D eigenvalue weighted by atomic mass is 35.7. The van der Waals surface area contributed by atoms with Gasteiger partial charge in [0.25, 0.3) is 5.24 Å². The monoisotopic (exact) mass is 237 g/mol. The molecule has 12 heavy (non-hydrogen) atoms. The van der Waals surface area contributed by atoms with E-state index in [1.807, 2.05) is 0 Å². The molecule has 1 nitrogen and oxygen atoms in total. The van der Waals surface area contributed by atoms with Crippen molar-refractivity contribution in [2.24, 2.45) is 0 Å². The van der Waals surface area contributed by atoms with Gasteiger partial charge < -0.3 is 0 Å². The minimum Gasteiger partial charge on any atom is -0.276 e. The van der Waals surface area contributed by atoms with Gasteiger partial charge in [-0.25, -0.2) is 0 Å². The first-order valence-electron chi connectivity index (χ1n) is 3.09. The maximum absolute atomic E-state index is 10.7. The third-order valence-electron chi connectivity index (χ3n) is 1.31. The van der Waals surface area contributed by atoms with Crippen LogP contribution in [0.3, 0.4) is 0 Å². The van der Waals surface area contributed by atoms with Crippen molar-refractivity contribution in [3.63, 3.8) is 0 Å². The largest absolute Gasteiger partial charge is 0.307 e. The standard InChI is InChI=1S/C7H4Cl3OSi/c8-7(11)5-2-1-3-6(4-5)12(9)10/h1-4H. The van der Waals surface area contributed by atoms with Gasteiger partial charge in [-0.2, -0.15) is 0 Å². The van der Waals surface area contributed by atoms with E-state index in [2.05, 4.69) is 0 Å². The van der Waals surface area contributed by atoms with Crippen molar-refractivity contribution in [1.82, 2.24) is 0 Å². The van der Waals surface area contributed by atoms with Gasteiger partial charge in [-0.3, -0.25) is 4.79 Å². The molecule has 0 aliphatic carbocycles. The summed E-state index contributed by atoms with van der Waals surface area (Å²) in [6, 6.07) is 6.72. The molecule has 0 N–H and O–H groups in total. The molecule has 0 aliphatic rings. The molecule has 0 aliphatic heterocycles. The number of carbonyl (C=O) groups excluding carboxylic acids is 1. The van der Waals surface area contributed by atoms with Crippen molar-refractivity contribution >= 4 is 51.6 Å². The van der Waals surface area contributed by atoms with Gasteiger partial charge in [-0.05, 0) is 22.9 Å². The normalized spacial score (nSPS) is 10.3. The van der Waals surface area contributed by atoms with Crippen LogP contribution < -0.4 is 5.19 Å². The molecule has 0 aromatic heterocycles. The molecule has 0 atom stereocenters. The number of benzene rings is 1. The Labute approximate surface area is 86.3 Å². The average Bonchev–Trinajstić information content (AvgIpc) is 2.04. The lowest BCUT2D eigenvalue weighted by atomic mass is 10.2. The molecular weight excluding hydrogens is 235 g/mol. The van der Waals surface area contributed by atoms with E-state index in [0.29, 0.717) is 5.56 Å². The second-order valence-electron chi connectivity index (χ2n) is 2.11. The fourth-order valence-corrected chi connectivity index (χ4v) is 2.07. The fraction of sp³-hybridized carbons (Fsp3) is 0. The van der Waals surface area contributed by atoms with E-state index in [1.54, 1.807) is 24.3 Å². The Balaban J connectivity index is 3.04. The van der Waals surface area contributed by atoms with Crippen LogP contribution in [0.25, 0.3) is 0 Å². The maximum Gasteiger partial charge on any atom is 0.307 e. The van der Waals surface area contributed by atoms with Crippen LogP contribution in [0, 0.1) is 0 Å². The predicted octanol–water partition coefficient (Wildman–Crippen LogP) is 2.24. The molecule has 0 saturated heterocycles. The van der Waals surface area contributed by atoms with Crippen molar-refractivity contribution in [3.8, 4) is 0 Å². The second-order valence-corrected chi connectivity index (χ2v) is 6.40. The van der Waals surface area contributed by atoms with Crippen molar-refractivity contribution in [3.05, 3.63) is 29.8 Å². The highest BCUT2D eigenvalue weighted by molar-refractivity contribution is 7.39. The van der Waals surface area contributed by atoms with Gasteiger partial charge >= 0.3 is 7.42 Å². The van der Waals surface area contributed by atoms with Gasteiger partial charge in [0.2, 0.25) is 0 Å². The summed E-state index contributed by atoms with van der Waals surface area (Å²) >= 11 is 16.7. The SMILES string of the molecule is O=C(Cl)c1cccc([Si](Cl)Cl)c1. The molecule has 1 aromatic rings. The topological polar surface area (TPSA) is 17.1 Å². The van der Waals surface area contributed by atoms with Gasteiger partial charge in [0.15, 0.2) is 0 Å². The van der Waals surface area contributed by atoms with Crippen LogP contribution >= 0.6 is 33.8 Å². The first-order valence-corrected chi connectivity index (χ1v) is 6.99. The van der Waals surface area contributed by atoms with Crippen molar-refractivity contribution in [2.45, 2.75) is 0 Å². The van der Waals surface area contributed by atoms with Crippen molar-refractivity contribution < 1.29 is 4.79 Å². The van der Waals surface area contributed by atoms with E-state index < -0.39 is 12.7 Å². The van der Waals surface area contributed by atoms with Crippen LogP contribution in [0.2, 0.25) is 0 Å². The summed E-state index contributed by atoms with van der Waals surface area (Å²) in [4.78, 5) is 10.7. The molecule has 0 fully saturated rings. The van der Waals surface area contributed by atoms with Crippen molar-refractivity contribution in [1.29, 1.82) is 0 Å². The number of halogens is 3. The van der Waals surface area contributed by atoms with E-state index in [-0.39, 0.29) is 0 Å². The zero-order chi connectivity index (χ0) is 9.14. The lowest BCUT2D eigenvalue weighted by Crippen LogP contribution is -2.18. The summed E-state index contributed by atoms with van der Waals surface area (Å²) in [5.41, 5.74) is 0.429. The molecule has 0 unspecified atom stereocenters. The first kappa shape index (κ1) is 10.1. The number of rotatable bonds is 2. The zero-order valence-corrected chi connectivity index (χ0v) is 9.12. The van der Waals surface area contributed by atoms with Crippen LogP contribution in [0.4, 0.5) is 0 Å². The molecule has 5 heteroatoms. The highest BCUT2D eigenvalue weighted by Gasteiger charge is 2.09. The van der Waals surface area contributed by atoms with Crippen LogP contribution in [-0.2, 0) is 0 Å². The van der Waals surface area contributed by atoms with Gasteiger partial charge in [-0.15, -0.1) is 22.2 Å². The molecule has 0 amide bonds. The Bertz CT molecular complexity index is 300. The van der Waals surface area contributed by atoms with Gasteiger partial charge in [0.05, 0.1) is 0 Å². The Hall–Kier alpha value is -0.0231. The summed E-state index contributed by atoms with van der Waals surface area (Å²) in [5.74, 6) is 0. The Morgan fingerprint density at radius 2 is 2.00 bits per heavy atom. The van der Waals surface area contributed by atoms with Crippen LogP contribution in [0.1, 0.15) is 10.4 Å². The van der Waals surface area contributed by atoms with E-state index in [4.69, 9.17) is 33.8 Å². The lowest BCUT2D eigenvalue weighted by Gasteiger charge is -1.99. The second kappa shape index (κ2) is 4.28. The molecule has 1 aromatic carbocycles. The van der Waals surface area contributed by atoms with E-state index in [9.17, 15) is 4.79 Å². The van der Waals surface area contributed by atoms with Gasteiger partial charge in [0, 0.05) is 5.56 Å². The van der Waals surface area contributed by atoms with E-state index in [1.165, 1.54) is 0 Å². The highest BCUT2D eigenvalue weighted by Crippen LogP contribution is 2.04. The quantitative estimate of drug-likeness (QED) is 0.439. The fourth-order valence-electron chi connectivity index (χ4n) is 0.759. The molecular formula is C7H4Cl3OSi. The van der Waals surface area contributed by atoms with Gasteiger partial charge in [-0.1, -0.05) is 18.2 Å². The minimum absolute atomic E-state index is 0.429. The van der Waals surface area contributed by atoms with Crippen LogP contribution in [0.15, 0.2) is 24.3 Å². The molecule has 0 spiro atoms. The van der Waals surface area contributed by atoms with Crippen LogP contribution in [-0.4, -0.2) is 12.7 Å². The molecule has 0 saturated carbocycles.